The zero-order chi connectivity index (χ0) is 15.7. The van der Waals surface area contributed by atoms with Crippen molar-refractivity contribution in [1.29, 1.82) is 0 Å². The van der Waals surface area contributed by atoms with Gasteiger partial charge >= 0.3 is 0 Å². The number of halogens is 6. The second kappa shape index (κ2) is 5.89. The van der Waals surface area contributed by atoms with Gasteiger partial charge in [0.25, 0.3) is 6.43 Å². The lowest BCUT2D eigenvalue weighted by Gasteiger charge is -2.31. The fourth-order valence-electron chi connectivity index (χ4n) is 1.91. The zero-order valence-electron chi connectivity index (χ0n) is 10.5. The number of nitrogens with zero attached hydrogens (tertiary/aromatic N) is 1. The summed E-state index contributed by atoms with van der Waals surface area (Å²) < 4.78 is 64.8. The van der Waals surface area contributed by atoms with Crippen LogP contribution in [0.25, 0.3) is 5.70 Å². The van der Waals surface area contributed by atoms with Crippen molar-refractivity contribution >= 4 is 17.3 Å². The van der Waals surface area contributed by atoms with Crippen LogP contribution in [-0.4, -0.2) is 17.9 Å². The van der Waals surface area contributed by atoms with Gasteiger partial charge in [-0.1, -0.05) is 18.2 Å². The first-order chi connectivity index (χ1) is 9.81. The van der Waals surface area contributed by atoms with Crippen molar-refractivity contribution in [3.8, 4) is 0 Å². The van der Waals surface area contributed by atoms with Crippen LogP contribution in [0.3, 0.4) is 0 Å². The van der Waals surface area contributed by atoms with Gasteiger partial charge in [0.15, 0.2) is 17.5 Å². The van der Waals surface area contributed by atoms with Crippen molar-refractivity contribution in [2.75, 3.05) is 6.54 Å². The lowest BCUT2D eigenvalue weighted by Crippen LogP contribution is -2.28. The summed E-state index contributed by atoms with van der Waals surface area (Å²) in [7, 11) is 0. The Morgan fingerprint density at radius 2 is 1.67 bits per heavy atom. The molecular weight excluding hydrogens is 313 g/mol. The molecule has 0 aliphatic carbocycles. The summed E-state index contributed by atoms with van der Waals surface area (Å²) in [5.41, 5.74) is 0.0377. The van der Waals surface area contributed by atoms with E-state index in [9.17, 15) is 22.0 Å². The van der Waals surface area contributed by atoms with E-state index >= 15 is 0 Å². The molecule has 1 nitrogen and oxygen atoms in total. The summed E-state index contributed by atoms with van der Waals surface area (Å²) in [4.78, 5) is 1.03. The molecule has 0 spiro atoms. The largest absolute Gasteiger partial charge is 0.334 e. The molecule has 0 unspecified atom stereocenters. The van der Waals surface area contributed by atoms with Gasteiger partial charge in [-0.05, 0) is 24.3 Å². The van der Waals surface area contributed by atoms with Gasteiger partial charge in [0.05, 0.1) is 17.3 Å². The molecule has 0 amide bonds. The van der Waals surface area contributed by atoms with E-state index in [2.05, 4.69) is 6.58 Å². The maximum Gasteiger partial charge on any atom is 0.256 e. The Labute approximate surface area is 122 Å². The second-order valence-corrected chi connectivity index (χ2v) is 4.68. The van der Waals surface area contributed by atoms with E-state index in [0.717, 1.165) is 17.0 Å². The maximum atomic E-state index is 13.3. The van der Waals surface area contributed by atoms with Crippen LogP contribution in [0.2, 0.25) is 0 Å². The van der Waals surface area contributed by atoms with Crippen molar-refractivity contribution in [3.05, 3.63) is 64.6 Å². The predicted octanol–water partition coefficient (Wildman–Crippen LogP) is 4.66. The smallest absolute Gasteiger partial charge is 0.256 e. The van der Waals surface area contributed by atoms with Gasteiger partial charge in [-0.2, -0.15) is 0 Å². The SMILES string of the molecule is C=C1C(Cl)=CC=C(c2cc(F)c(F)c(F)c2)N1CC(F)F. The van der Waals surface area contributed by atoms with E-state index in [0.29, 0.717) is 0 Å². The standard InChI is InChI=1S/C14H9ClF5N/c1-7-9(15)2-3-12(21(7)6-13(18)19)8-4-10(16)14(20)11(17)5-8/h2-5,13H,1,6H2. The minimum Gasteiger partial charge on any atom is -0.334 e. The highest BCUT2D eigenvalue weighted by Gasteiger charge is 2.24. The number of allylic oxidation sites excluding steroid dienone is 3. The topological polar surface area (TPSA) is 3.24 Å². The van der Waals surface area contributed by atoms with Crippen molar-refractivity contribution in [1.82, 2.24) is 4.90 Å². The van der Waals surface area contributed by atoms with Gasteiger partial charge in [0, 0.05) is 11.3 Å². The summed E-state index contributed by atoms with van der Waals surface area (Å²) in [5.74, 6) is -4.44. The molecule has 0 N–H and O–H groups in total. The molecule has 0 radical (unpaired) electrons. The first-order valence-corrected chi connectivity index (χ1v) is 6.16. The Morgan fingerprint density at radius 3 is 2.19 bits per heavy atom. The summed E-state index contributed by atoms with van der Waals surface area (Å²) in [6.45, 7) is 2.80. The Morgan fingerprint density at radius 1 is 1.10 bits per heavy atom. The van der Waals surface area contributed by atoms with Gasteiger partial charge in [0.1, 0.15) is 0 Å². The molecule has 1 heterocycles. The van der Waals surface area contributed by atoms with Crippen LogP contribution in [-0.2, 0) is 0 Å². The molecule has 0 saturated carbocycles. The number of benzene rings is 1. The molecule has 1 aromatic rings. The average Bonchev–Trinajstić information content (AvgIpc) is 2.40. The molecule has 0 fully saturated rings. The Kier molecular flexibility index (Phi) is 4.37. The Balaban J connectivity index is 2.51. The molecule has 0 aromatic heterocycles. The maximum absolute atomic E-state index is 13.3. The van der Waals surface area contributed by atoms with Crippen LogP contribution in [0.5, 0.6) is 0 Å². The average molecular weight is 322 g/mol. The number of hydrogen-bond acceptors (Lipinski definition) is 1. The molecule has 21 heavy (non-hydrogen) atoms. The molecule has 0 atom stereocenters. The Bertz CT molecular complexity index is 628. The zero-order valence-corrected chi connectivity index (χ0v) is 11.3. The predicted molar refractivity (Wildman–Crippen MR) is 70.1 cm³/mol. The summed E-state index contributed by atoms with van der Waals surface area (Å²) in [5, 5.41) is 0.127. The molecule has 0 bridgehead atoms. The first kappa shape index (κ1) is 15.6. The van der Waals surface area contributed by atoms with Crippen molar-refractivity contribution in [2.24, 2.45) is 0 Å². The van der Waals surface area contributed by atoms with Gasteiger partial charge in [-0.25, -0.2) is 22.0 Å². The lowest BCUT2D eigenvalue weighted by molar-refractivity contribution is 0.123. The highest BCUT2D eigenvalue weighted by molar-refractivity contribution is 6.32. The molecule has 112 valence electrons. The molecule has 7 heteroatoms. The van der Waals surface area contributed by atoms with Crippen LogP contribution in [0, 0.1) is 17.5 Å². The van der Waals surface area contributed by atoms with Crippen molar-refractivity contribution < 1.29 is 22.0 Å². The lowest BCUT2D eigenvalue weighted by atomic mass is 10.1. The van der Waals surface area contributed by atoms with Crippen molar-refractivity contribution in [3.63, 3.8) is 0 Å². The molecule has 1 aliphatic heterocycles. The second-order valence-electron chi connectivity index (χ2n) is 4.27. The molecular formula is C14H9ClF5N. The fourth-order valence-corrected chi connectivity index (χ4v) is 2.08. The summed E-state index contributed by atoms with van der Waals surface area (Å²) in [6, 6.07) is 1.45. The monoisotopic (exact) mass is 321 g/mol. The van der Waals surface area contributed by atoms with Crippen LogP contribution in [0.1, 0.15) is 5.56 Å². The van der Waals surface area contributed by atoms with E-state index in [1.165, 1.54) is 12.2 Å². The van der Waals surface area contributed by atoms with Crippen LogP contribution < -0.4 is 0 Å². The minimum atomic E-state index is -2.72. The summed E-state index contributed by atoms with van der Waals surface area (Å²) >= 11 is 5.81. The van der Waals surface area contributed by atoms with Crippen LogP contribution in [0.15, 0.2) is 41.6 Å². The molecule has 0 saturated heterocycles. The third-order valence-electron chi connectivity index (χ3n) is 2.88. The molecule has 1 aliphatic rings. The van der Waals surface area contributed by atoms with Gasteiger partial charge < -0.3 is 4.90 Å². The van der Waals surface area contributed by atoms with Crippen LogP contribution >= 0.6 is 11.6 Å². The third-order valence-corrected chi connectivity index (χ3v) is 3.22. The quantitative estimate of drug-likeness (QED) is 0.578. The number of hydrogen-bond donors (Lipinski definition) is 0. The van der Waals surface area contributed by atoms with E-state index in [4.69, 9.17) is 11.6 Å². The van der Waals surface area contributed by atoms with Gasteiger partial charge in [-0.3, -0.25) is 0 Å². The normalized spacial score (nSPS) is 15.4. The Hall–Kier alpha value is -1.82. The van der Waals surface area contributed by atoms with E-state index < -0.39 is 30.4 Å². The highest BCUT2D eigenvalue weighted by atomic mass is 35.5. The van der Waals surface area contributed by atoms with Crippen LogP contribution in [0.4, 0.5) is 22.0 Å². The van der Waals surface area contributed by atoms with Gasteiger partial charge in [0.2, 0.25) is 0 Å². The first-order valence-electron chi connectivity index (χ1n) is 5.78. The fraction of sp³-hybridized carbons (Fsp3) is 0.143. The van der Waals surface area contributed by atoms with Gasteiger partial charge in [-0.15, -0.1) is 0 Å². The number of rotatable bonds is 3. The van der Waals surface area contributed by atoms with Crippen molar-refractivity contribution in [2.45, 2.75) is 6.43 Å². The minimum absolute atomic E-state index is 0.0579. The van der Waals surface area contributed by atoms with E-state index in [1.807, 2.05) is 0 Å². The summed E-state index contributed by atoms with van der Waals surface area (Å²) in [6.07, 6.45) is -0.0471. The third kappa shape index (κ3) is 3.10. The number of alkyl halides is 2. The van der Waals surface area contributed by atoms with E-state index in [-0.39, 0.29) is 22.0 Å². The molecule has 2 rings (SSSR count). The molecule has 1 aromatic carbocycles. The van der Waals surface area contributed by atoms with E-state index in [1.54, 1.807) is 0 Å². The highest BCUT2D eigenvalue weighted by Crippen LogP contribution is 2.33.